The summed E-state index contributed by atoms with van der Waals surface area (Å²) in [6, 6.07) is 10.3. The summed E-state index contributed by atoms with van der Waals surface area (Å²) in [7, 11) is 4.09. The quantitative estimate of drug-likeness (QED) is 0.774. The molecule has 0 aliphatic carbocycles. The number of benzene rings is 1. The van der Waals surface area contributed by atoms with Crippen molar-refractivity contribution in [3.05, 3.63) is 47.2 Å². The number of aromatic nitrogens is 2. The summed E-state index contributed by atoms with van der Waals surface area (Å²) in [6.45, 7) is 4.82. The fourth-order valence-corrected chi connectivity index (χ4v) is 3.16. The Morgan fingerprint density at radius 2 is 1.79 bits per heavy atom. The standard InChI is InChI=1S/C19H23N5/c1-11-8-12(2)22-19-15(11)17(20)16(18(21)23-19)14-7-5-6-13(9-14)10-24(3)4/h5-9H,10H2,1-4H3,(H4,20,21,22,23). The highest BCUT2D eigenvalue weighted by atomic mass is 15.0. The Balaban J connectivity index is 2.23. The number of aryl methyl sites for hydroxylation is 2. The third kappa shape index (κ3) is 2.90. The largest absolute Gasteiger partial charge is 0.398 e. The van der Waals surface area contributed by atoms with Crippen LogP contribution in [0.2, 0.25) is 0 Å². The van der Waals surface area contributed by atoms with Crippen molar-refractivity contribution in [3.8, 4) is 11.1 Å². The predicted octanol–water partition coefficient (Wildman–Crippen LogP) is 3.14. The van der Waals surface area contributed by atoms with Gasteiger partial charge in [0.05, 0.1) is 5.69 Å². The number of hydrogen-bond donors (Lipinski definition) is 2. The van der Waals surface area contributed by atoms with Crippen LogP contribution >= 0.6 is 0 Å². The number of nitrogens with two attached hydrogens (primary N) is 2. The van der Waals surface area contributed by atoms with Crippen molar-refractivity contribution < 1.29 is 0 Å². The van der Waals surface area contributed by atoms with Gasteiger partial charge in [-0.1, -0.05) is 18.2 Å². The van der Waals surface area contributed by atoms with Crippen LogP contribution in [0.4, 0.5) is 11.5 Å². The van der Waals surface area contributed by atoms with Gasteiger partial charge in [-0.2, -0.15) is 0 Å². The first-order valence-electron chi connectivity index (χ1n) is 7.93. The maximum absolute atomic E-state index is 6.48. The van der Waals surface area contributed by atoms with Gasteiger partial charge in [-0.25, -0.2) is 9.97 Å². The molecule has 5 nitrogen and oxygen atoms in total. The van der Waals surface area contributed by atoms with E-state index in [2.05, 4.69) is 27.0 Å². The SMILES string of the molecule is Cc1cc(C)c2c(N)c(-c3cccc(CN(C)C)c3)c(N)nc2n1. The summed E-state index contributed by atoms with van der Waals surface area (Å²) < 4.78 is 0. The lowest BCUT2D eigenvalue weighted by Crippen LogP contribution is -2.10. The number of pyridine rings is 2. The molecule has 4 N–H and O–H groups in total. The van der Waals surface area contributed by atoms with E-state index >= 15 is 0 Å². The summed E-state index contributed by atoms with van der Waals surface area (Å²) in [5, 5.41) is 0.878. The van der Waals surface area contributed by atoms with Gasteiger partial charge in [0.2, 0.25) is 0 Å². The maximum Gasteiger partial charge on any atom is 0.164 e. The second-order valence-electron chi connectivity index (χ2n) is 6.50. The van der Waals surface area contributed by atoms with Gasteiger partial charge in [0.25, 0.3) is 0 Å². The van der Waals surface area contributed by atoms with E-state index in [1.54, 1.807) is 0 Å². The first-order valence-corrected chi connectivity index (χ1v) is 7.93. The molecule has 0 saturated carbocycles. The molecule has 0 bridgehead atoms. The van der Waals surface area contributed by atoms with E-state index in [4.69, 9.17) is 11.5 Å². The summed E-state index contributed by atoms with van der Waals surface area (Å²) in [5.41, 5.74) is 18.9. The molecule has 0 unspecified atom stereocenters. The zero-order valence-corrected chi connectivity index (χ0v) is 14.6. The van der Waals surface area contributed by atoms with E-state index in [0.717, 1.165) is 34.3 Å². The van der Waals surface area contributed by atoms with E-state index in [-0.39, 0.29) is 0 Å². The monoisotopic (exact) mass is 321 g/mol. The van der Waals surface area contributed by atoms with Crippen molar-refractivity contribution in [1.82, 2.24) is 14.9 Å². The third-order valence-electron chi connectivity index (χ3n) is 4.06. The van der Waals surface area contributed by atoms with Crippen molar-refractivity contribution in [1.29, 1.82) is 0 Å². The first kappa shape index (κ1) is 16.2. The van der Waals surface area contributed by atoms with Crippen LogP contribution in [0.15, 0.2) is 30.3 Å². The van der Waals surface area contributed by atoms with E-state index < -0.39 is 0 Å². The zero-order chi connectivity index (χ0) is 17.4. The van der Waals surface area contributed by atoms with E-state index in [1.165, 1.54) is 5.56 Å². The number of nitrogen functional groups attached to an aromatic ring is 2. The minimum absolute atomic E-state index is 0.416. The molecule has 0 radical (unpaired) electrons. The lowest BCUT2D eigenvalue weighted by Gasteiger charge is -2.15. The third-order valence-corrected chi connectivity index (χ3v) is 4.06. The van der Waals surface area contributed by atoms with E-state index in [1.807, 2.05) is 46.1 Å². The molecule has 124 valence electrons. The van der Waals surface area contributed by atoms with Crippen molar-refractivity contribution in [2.24, 2.45) is 0 Å². The molecular weight excluding hydrogens is 298 g/mol. The van der Waals surface area contributed by atoms with Gasteiger partial charge in [-0.15, -0.1) is 0 Å². The fraction of sp³-hybridized carbons (Fsp3) is 0.263. The van der Waals surface area contributed by atoms with E-state index in [0.29, 0.717) is 17.2 Å². The van der Waals surface area contributed by atoms with Crippen LogP contribution in [0.25, 0.3) is 22.2 Å². The fourth-order valence-electron chi connectivity index (χ4n) is 3.16. The second kappa shape index (κ2) is 6.09. The van der Waals surface area contributed by atoms with Gasteiger partial charge >= 0.3 is 0 Å². The molecular formula is C19H23N5. The van der Waals surface area contributed by atoms with Crippen molar-refractivity contribution in [2.45, 2.75) is 20.4 Å². The number of anilines is 2. The molecule has 0 fully saturated rings. The zero-order valence-electron chi connectivity index (χ0n) is 14.6. The number of rotatable bonds is 3. The molecule has 2 aromatic heterocycles. The molecule has 0 saturated heterocycles. The molecule has 5 heteroatoms. The highest BCUT2D eigenvalue weighted by molar-refractivity contribution is 6.02. The molecule has 0 aliphatic heterocycles. The Kier molecular flexibility index (Phi) is 4.11. The average Bonchev–Trinajstić information content (AvgIpc) is 2.45. The predicted molar refractivity (Wildman–Crippen MR) is 101 cm³/mol. The van der Waals surface area contributed by atoms with Gasteiger partial charge < -0.3 is 16.4 Å². The summed E-state index contributed by atoms with van der Waals surface area (Å²) in [6.07, 6.45) is 0. The highest BCUT2D eigenvalue weighted by Crippen LogP contribution is 2.37. The summed E-state index contributed by atoms with van der Waals surface area (Å²) >= 11 is 0. The van der Waals surface area contributed by atoms with Crippen LogP contribution in [0.3, 0.4) is 0 Å². The molecule has 0 aliphatic rings. The second-order valence-corrected chi connectivity index (χ2v) is 6.50. The smallest absolute Gasteiger partial charge is 0.164 e. The Morgan fingerprint density at radius 3 is 2.50 bits per heavy atom. The molecule has 2 heterocycles. The molecule has 1 aromatic carbocycles. The molecule has 24 heavy (non-hydrogen) atoms. The average molecular weight is 321 g/mol. The minimum Gasteiger partial charge on any atom is -0.398 e. The lowest BCUT2D eigenvalue weighted by molar-refractivity contribution is 0.402. The minimum atomic E-state index is 0.416. The Hall–Kier alpha value is -2.66. The first-order chi connectivity index (χ1) is 11.4. The lowest BCUT2D eigenvalue weighted by atomic mass is 9.98. The Morgan fingerprint density at radius 1 is 1.04 bits per heavy atom. The van der Waals surface area contributed by atoms with Gasteiger partial charge in [-0.05, 0) is 56.8 Å². The number of fused-ring (bicyclic) bond motifs is 1. The number of nitrogens with zero attached hydrogens (tertiary/aromatic N) is 3. The van der Waals surface area contributed by atoms with Crippen molar-refractivity contribution >= 4 is 22.5 Å². The van der Waals surface area contributed by atoms with Crippen LogP contribution in [-0.2, 0) is 6.54 Å². The summed E-state index contributed by atoms with van der Waals surface area (Å²) in [5.74, 6) is 0.416. The van der Waals surface area contributed by atoms with Crippen LogP contribution in [0.1, 0.15) is 16.8 Å². The maximum atomic E-state index is 6.48. The Labute approximate surface area is 142 Å². The summed E-state index contributed by atoms with van der Waals surface area (Å²) in [4.78, 5) is 11.1. The van der Waals surface area contributed by atoms with Crippen LogP contribution in [-0.4, -0.2) is 29.0 Å². The number of hydrogen-bond acceptors (Lipinski definition) is 5. The highest BCUT2D eigenvalue weighted by Gasteiger charge is 2.16. The van der Waals surface area contributed by atoms with E-state index in [9.17, 15) is 0 Å². The molecule has 0 spiro atoms. The van der Waals surface area contributed by atoms with Crippen LogP contribution in [0, 0.1) is 13.8 Å². The van der Waals surface area contributed by atoms with Crippen molar-refractivity contribution in [2.75, 3.05) is 25.6 Å². The van der Waals surface area contributed by atoms with Crippen molar-refractivity contribution in [3.63, 3.8) is 0 Å². The van der Waals surface area contributed by atoms with Crippen LogP contribution in [0.5, 0.6) is 0 Å². The normalized spacial score (nSPS) is 11.4. The molecule has 0 amide bonds. The van der Waals surface area contributed by atoms with Gasteiger partial charge in [-0.3, -0.25) is 0 Å². The van der Waals surface area contributed by atoms with Gasteiger partial charge in [0, 0.05) is 23.2 Å². The molecule has 0 atom stereocenters. The van der Waals surface area contributed by atoms with Gasteiger partial charge in [0.15, 0.2) is 5.65 Å². The topological polar surface area (TPSA) is 81.1 Å². The van der Waals surface area contributed by atoms with Gasteiger partial charge in [0.1, 0.15) is 5.82 Å². The Bertz CT molecular complexity index is 915. The van der Waals surface area contributed by atoms with Crippen LogP contribution < -0.4 is 11.5 Å². The molecule has 3 aromatic rings. The molecule has 3 rings (SSSR count).